The van der Waals surface area contributed by atoms with Crippen molar-refractivity contribution in [3.05, 3.63) is 0 Å². The van der Waals surface area contributed by atoms with E-state index in [-0.39, 0.29) is 6.10 Å². The van der Waals surface area contributed by atoms with E-state index in [9.17, 15) is 0 Å². The highest BCUT2D eigenvalue weighted by molar-refractivity contribution is 4.82. The van der Waals surface area contributed by atoms with E-state index in [1.165, 1.54) is 19.3 Å². The van der Waals surface area contributed by atoms with Crippen LogP contribution in [0.1, 0.15) is 33.1 Å². The summed E-state index contributed by atoms with van der Waals surface area (Å²) in [7, 11) is 0. The first-order chi connectivity index (χ1) is 7.75. The number of nitrogens with one attached hydrogen (secondary N) is 1. The molecular formula is C13H25NO2. The maximum atomic E-state index is 5.64. The van der Waals surface area contributed by atoms with Crippen molar-refractivity contribution in [1.29, 1.82) is 0 Å². The molecule has 0 amide bonds. The van der Waals surface area contributed by atoms with Gasteiger partial charge in [-0.15, -0.1) is 0 Å². The van der Waals surface area contributed by atoms with Gasteiger partial charge < -0.3 is 14.8 Å². The normalized spacial score (nSPS) is 40.9. The molecule has 1 aliphatic carbocycles. The third-order valence-electron chi connectivity index (χ3n) is 3.95. The van der Waals surface area contributed by atoms with Crippen LogP contribution in [0.5, 0.6) is 0 Å². The van der Waals surface area contributed by atoms with Crippen LogP contribution in [0.25, 0.3) is 0 Å². The predicted octanol–water partition coefficient (Wildman–Crippen LogP) is 1.82. The molecule has 1 heterocycles. The van der Waals surface area contributed by atoms with E-state index >= 15 is 0 Å². The summed E-state index contributed by atoms with van der Waals surface area (Å²) in [6, 6.07) is 0.675. The van der Waals surface area contributed by atoms with Gasteiger partial charge in [0.05, 0.1) is 25.9 Å². The van der Waals surface area contributed by atoms with Crippen LogP contribution in [0, 0.1) is 11.8 Å². The lowest BCUT2D eigenvalue weighted by Crippen LogP contribution is -2.45. The lowest BCUT2D eigenvalue weighted by Gasteiger charge is -2.35. The maximum absolute atomic E-state index is 5.64. The Morgan fingerprint density at radius 1 is 1.19 bits per heavy atom. The van der Waals surface area contributed by atoms with Crippen molar-refractivity contribution in [2.24, 2.45) is 11.8 Å². The highest BCUT2D eigenvalue weighted by Crippen LogP contribution is 2.28. The Balaban J connectivity index is 1.71. The highest BCUT2D eigenvalue weighted by atomic mass is 16.6. The molecule has 0 aromatic carbocycles. The molecule has 4 atom stereocenters. The number of hydrogen-bond donors (Lipinski definition) is 1. The Kier molecular flexibility index (Phi) is 4.62. The van der Waals surface area contributed by atoms with Crippen molar-refractivity contribution in [3.63, 3.8) is 0 Å². The second-order valence-electron chi connectivity index (χ2n) is 5.48. The minimum atomic E-state index is 0.262. The van der Waals surface area contributed by atoms with Gasteiger partial charge in [0, 0.05) is 12.6 Å². The molecule has 4 unspecified atom stereocenters. The van der Waals surface area contributed by atoms with Gasteiger partial charge in [-0.1, -0.05) is 20.3 Å². The third-order valence-corrected chi connectivity index (χ3v) is 3.95. The van der Waals surface area contributed by atoms with Crippen molar-refractivity contribution in [1.82, 2.24) is 5.32 Å². The first-order valence-electron chi connectivity index (χ1n) is 6.68. The summed E-state index contributed by atoms with van der Waals surface area (Å²) >= 11 is 0. The first-order valence-corrected chi connectivity index (χ1v) is 6.68. The summed E-state index contributed by atoms with van der Waals surface area (Å²) in [6.07, 6.45) is 4.33. The molecule has 1 N–H and O–H groups in total. The van der Waals surface area contributed by atoms with E-state index in [1.54, 1.807) is 0 Å². The molecule has 1 saturated carbocycles. The lowest BCUT2D eigenvalue weighted by atomic mass is 9.80. The van der Waals surface area contributed by atoms with Gasteiger partial charge in [0.25, 0.3) is 0 Å². The fourth-order valence-electron chi connectivity index (χ4n) is 2.75. The Labute approximate surface area is 98.9 Å². The van der Waals surface area contributed by atoms with Crippen LogP contribution in [0.2, 0.25) is 0 Å². The molecule has 1 aliphatic heterocycles. The van der Waals surface area contributed by atoms with E-state index in [0.29, 0.717) is 6.04 Å². The molecule has 3 nitrogen and oxygen atoms in total. The van der Waals surface area contributed by atoms with Crippen molar-refractivity contribution in [3.8, 4) is 0 Å². The van der Waals surface area contributed by atoms with Crippen LogP contribution in [-0.4, -0.2) is 38.5 Å². The molecular weight excluding hydrogens is 202 g/mol. The van der Waals surface area contributed by atoms with Crippen molar-refractivity contribution >= 4 is 0 Å². The topological polar surface area (TPSA) is 30.5 Å². The number of ether oxygens (including phenoxy) is 2. The molecule has 2 fully saturated rings. The molecule has 0 aromatic heterocycles. The molecule has 0 bridgehead atoms. The third kappa shape index (κ3) is 3.44. The molecule has 2 rings (SSSR count). The van der Waals surface area contributed by atoms with Crippen LogP contribution < -0.4 is 5.32 Å². The summed E-state index contributed by atoms with van der Waals surface area (Å²) in [5.41, 5.74) is 0. The summed E-state index contributed by atoms with van der Waals surface area (Å²) in [5.74, 6) is 1.68. The number of hydrogen-bond acceptors (Lipinski definition) is 3. The number of rotatable bonds is 3. The Hall–Kier alpha value is -0.120. The van der Waals surface area contributed by atoms with Gasteiger partial charge in [-0.05, 0) is 24.7 Å². The Bertz CT molecular complexity index is 204. The van der Waals surface area contributed by atoms with E-state index in [0.717, 1.165) is 38.2 Å². The quantitative estimate of drug-likeness (QED) is 0.797. The van der Waals surface area contributed by atoms with E-state index < -0.39 is 0 Å². The van der Waals surface area contributed by atoms with Gasteiger partial charge in [-0.2, -0.15) is 0 Å². The SMILES string of the molecule is CC1CCC(C)C(NCC2COCCO2)C1. The minimum absolute atomic E-state index is 0.262. The van der Waals surface area contributed by atoms with E-state index in [4.69, 9.17) is 9.47 Å². The fraction of sp³-hybridized carbons (Fsp3) is 1.00. The zero-order chi connectivity index (χ0) is 11.4. The highest BCUT2D eigenvalue weighted by Gasteiger charge is 2.26. The molecule has 94 valence electrons. The van der Waals surface area contributed by atoms with Crippen LogP contribution >= 0.6 is 0 Å². The van der Waals surface area contributed by atoms with E-state index in [1.807, 2.05) is 0 Å². The largest absolute Gasteiger partial charge is 0.376 e. The van der Waals surface area contributed by atoms with Gasteiger partial charge in [0.2, 0.25) is 0 Å². The molecule has 2 aliphatic rings. The van der Waals surface area contributed by atoms with Gasteiger partial charge in [0.1, 0.15) is 0 Å². The van der Waals surface area contributed by atoms with Crippen LogP contribution in [0.3, 0.4) is 0 Å². The summed E-state index contributed by atoms with van der Waals surface area (Å²) in [5, 5.41) is 3.67. The molecule has 16 heavy (non-hydrogen) atoms. The smallest absolute Gasteiger partial charge is 0.0933 e. The monoisotopic (exact) mass is 227 g/mol. The molecule has 0 aromatic rings. The summed E-state index contributed by atoms with van der Waals surface area (Å²) in [6.45, 7) is 7.93. The zero-order valence-electron chi connectivity index (χ0n) is 10.6. The second-order valence-corrected chi connectivity index (χ2v) is 5.48. The first kappa shape index (κ1) is 12.3. The van der Waals surface area contributed by atoms with E-state index in [2.05, 4.69) is 19.2 Å². The standard InChI is InChI=1S/C13H25NO2/c1-10-3-4-11(2)13(7-10)14-8-12-9-15-5-6-16-12/h10-14H,3-9H2,1-2H3. The van der Waals surface area contributed by atoms with Crippen molar-refractivity contribution in [2.45, 2.75) is 45.3 Å². The average molecular weight is 227 g/mol. The van der Waals surface area contributed by atoms with Crippen LogP contribution in [0.4, 0.5) is 0 Å². The van der Waals surface area contributed by atoms with Gasteiger partial charge in [0.15, 0.2) is 0 Å². The lowest BCUT2D eigenvalue weighted by molar-refractivity contribution is -0.0878. The average Bonchev–Trinajstić information content (AvgIpc) is 2.32. The molecule has 0 radical (unpaired) electrons. The molecule has 3 heteroatoms. The van der Waals surface area contributed by atoms with Gasteiger partial charge in [-0.25, -0.2) is 0 Å². The van der Waals surface area contributed by atoms with Crippen molar-refractivity contribution < 1.29 is 9.47 Å². The fourth-order valence-corrected chi connectivity index (χ4v) is 2.75. The van der Waals surface area contributed by atoms with Gasteiger partial charge in [-0.3, -0.25) is 0 Å². The maximum Gasteiger partial charge on any atom is 0.0933 e. The van der Waals surface area contributed by atoms with Crippen LogP contribution in [-0.2, 0) is 9.47 Å². The summed E-state index contributed by atoms with van der Waals surface area (Å²) < 4.78 is 11.0. The molecule has 0 spiro atoms. The Morgan fingerprint density at radius 2 is 2.06 bits per heavy atom. The second kappa shape index (κ2) is 5.99. The van der Waals surface area contributed by atoms with Crippen LogP contribution in [0.15, 0.2) is 0 Å². The summed E-state index contributed by atoms with van der Waals surface area (Å²) in [4.78, 5) is 0. The minimum Gasteiger partial charge on any atom is -0.376 e. The van der Waals surface area contributed by atoms with Crippen molar-refractivity contribution in [2.75, 3.05) is 26.4 Å². The van der Waals surface area contributed by atoms with Gasteiger partial charge >= 0.3 is 0 Å². The molecule has 1 saturated heterocycles. The Morgan fingerprint density at radius 3 is 2.81 bits per heavy atom. The zero-order valence-corrected chi connectivity index (χ0v) is 10.6. The predicted molar refractivity (Wildman–Crippen MR) is 64.5 cm³/mol.